The Kier molecular flexibility index (Phi) is 2.90. The van der Waals surface area contributed by atoms with Crippen molar-refractivity contribution < 1.29 is 8.42 Å². The van der Waals surface area contributed by atoms with E-state index >= 15 is 0 Å². The zero-order chi connectivity index (χ0) is 12.5. The number of rotatable bonds is 3. The molecule has 0 aliphatic carbocycles. The van der Waals surface area contributed by atoms with Gasteiger partial charge in [0.05, 0.1) is 4.90 Å². The first-order valence-electron chi connectivity index (χ1n) is 5.17. The van der Waals surface area contributed by atoms with Crippen LogP contribution in [0.25, 0.3) is 6.08 Å². The Labute approximate surface area is 101 Å². The highest BCUT2D eigenvalue weighted by Gasteiger charge is 2.15. The second-order valence-electron chi connectivity index (χ2n) is 3.80. The summed E-state index contributed by atoms with van der Waals surface area (Å²) in [7, 11) is -3.48. The van der Waals surface area contributed by atoms with Gasteiger partial charge in [0.2, 0.25) is 0 Å². The van der Waals surface area contributed by atoms with Gasteiger partial charge in [0.15, 0.2) is 0 Å². The summed E-state index contributed by atoms with van der Waals surface area (Å²) in [6.45, 7) is 5.52. The summed E-state index contributed by atoms with van der Waals surface area (Å²) in [4.78, 5) is 0.286. The Morgan fingerprint density at radius 2 is 1.82 bits per heavy atom. The van der Waals surface area contributed by atoms with Crippen LogP contribution in [-0.2, 0) is 10.0 Å². The van der Waals surface area contributed by atoms with E-state index < -0.39 is 10.0 Å². The minimum absolute atomic E-state index is 0.286. The monoisotopic (exact) mass is 247 g/mol. The van der Waals surface area contributed by atoms with Crippen molar-refractivity contribution >= 4 is 16.1 Å². The van der Waals surface area contributed by atoms with Crippen molar-refractivity contribution in [3.05, 3.63) is 60.4 Å². The van der Waals surface area contributed by atoms with Gasteiger partial charge >= 0.3 is 0 Å². The molecule has 0 radical (unpaired) electrons. The molecular weight excluding hydrogens is 234 g/mol. The highest BCUT2D eigenvalue weighted by Crippen LogP contribution is 2.16. The summed E-state index contributed by atoms with van der Waals surface area (Å²) < 4.78 is 25.6. The highest BCUT2D eigenvalue weighted by molar-refractivity contribution is 7.90. The Morgan fingerprint density at radius 3 is 2.35 bits per heavy atom. The molecule has 17 heavy (non-hydrogen) atoms. The Bertz CT molecular complexity index is 636. The van der Waals surface area contributed by atoms with Crippen LogP contribution in [0.1, 0.15) is 11.1 Å². The third kappa shape index (κ3) is 2.17. The van der Waals surface area contributed by atoms with Gasteiger partial charge in [-0.2, -0.15) is 0 Å². The summed E-state index contributed by atoms with van der Waals surface area (Å²) in [5, 5.41) is 0. The molecule has 0 amide bonds. The number of hydrogen-bond donors (Lipinski definition) is 0. The smallest absolute Gasteiger partial charge is 0.248 e. The standard InChI is InChI=1S/C13H13NO2S/c1-3-12-8-9-14(10-12)17(15,16)13-6-4-11(2)5-7-13/h3-10H,1H2,2H3. The second kappa shape index (κ2) is 4.22. The molecular formula is C13H13NO2S. The van der Waals surface area contributed by atoms with Crippen LogP contribution in [0, 0.1) is 6.92 Å². The molecule has 1 aromatic carbocycles. The first-order valence-corrected chi connectivity index (χ1v) is 6.61. The van der Waals surface area contributed by atoms with Crippen LogP contribution in [0.4, 0.5) is 0 Å². The maximum Gasteiger partial charge on any atom is 0.267 e. The van der Waals surface area contributed by atoms with Crippen LogP contribution in [0.2, 0.25) is 0 Å². The van der Waals surface area contributed by atoms with Crippen LogP contribution >= 0.6 is 0 Å². The van der Waals surface area contributed by atoms with Gasteiger partial charge in [-0.3, -0.25) is 0 Å². The van der Waals surface area contributed by atoms with Crippen LogP contribution in [-0.4, -0.2) is 12.4 Å². The molecule has 0 N–H and O–H groups in total. The molecule has 2 rings (SSSR count). The predicted octanol–water partition coefficient (Wildman–Crippen LogP) is 2.68. The molecule has 0 aliphatic heterocycles. The van der Waals surface area contributed by atoms with Crippen molar-refractivity contribution in [1.82, 2.24) is 3.97 Å². The number of nitrogens with zero attached hydrogens (tertiary/aromatic N) is 1. The lowest BCUT2D eigenvalue weighted by atomic mass is 10.2. The third-order valence-corrected chi connectivity index (χ3v) is 4.17. The van der Waals surface area contributed by atoms with Gasteiger partial charge in [0, 0.05) is 12.4 Å². The largest absolute Gasteiger partial charge is 0.267 e. The van der Waals surface area contributed by atoms with Gasteiger partial charge in [0.1, 0.15) is 0 Å². The normalized spacial score (nSPS) is 11.4. The molecule has 0 saturated carbocycles. The van der Waals surface area contributed by atoms with E-state index in [1.165, 1.54) is 10.2 Å². The topological polar surface area (TPSA) is 39.1 Å². The van der Waals surface area contributed by atoms with Crippen LogP contribution in [0.3, 0.4) is 0 Å². The van der Waals surface area contributed by atoms with Crippen LogP contribution in [0.15, 0.2) is 54.2 Å². The van der Waals surface area contributed by atoms with Crippen molar-refractivity contribution in [2.45, 2.75) is 11.8 Å². The number of aromatic nitrogens is 1. The first-order chi connectivity index (χ1) is 8.04. The maximum absolute atomic E-state index is 12.2. The Morgan fingerprint density at radius 1 is 1.18 bits per heavy atom. The lowest BCUT2D eigenvalue weighted by molar-refractivity contribution is 0.587. The van der Waals surface area contributed by atoms with Crippen molar-refractivity contribution in [2.75, 3.05) is 0 Å². The quantitative estimate of drug-likeness (QED) is 0.836. The van der Waals surface area contributed by atoms with Gasteiger partial charge in [-0.05, 0) is 30.7 Å². The van der Waals surface area contributed by atoms with E-state index in [0.717, 1.165) is 11.1 Å². The molecule has 0 atom stereocenters. The van der Waals surface area contributed by atoms with Crippen LogP contribution in [0.5, 0.6) is 0 Å². The number of aryl methyl sites for hydroxylation is 1. The molecule has 2 aromatic rings. The summed E-state index contributed by atoms with van der Waals surface area (Å²) in [6, 6.07) is 8.49. The fraction of sp³-hybridized carbons (Fsp3) is 0.0769. The van der Waals surface area contributed by atoms with Crippen molar-refractivity contribution in [3.8, 4) is 0 Å². The second-order valence-corrected chi connectivity index (χ2v) is 5.64. The third-order valence-electron chi connectivity index (χ3n) is 2.52. The minimum atomic E-state index is -3.48. The summed E-state index contributed by atoms with van der Waals surface area (Å²) in [5.74, 6) is 0. The van der Waals surface area contributed by atoms with Crippen molar-refractivity contribution in [3.63, 3.8) is 0 Å². The summed E-state index contributed by atoms with van der Waals surface area (Å²) in [5.41, 5.74) is 1.81. The van der Waals surface area contributed by atoms with Crippen molar-refractivity contribution in [1.29, 1.82) is 0 Å². The van der Waals surface area contributed by atoms with E-state index in [9.17, 15) is 8.42 Å². The minimum Gasteiger partial charge on any atom is -0.248 e. The van der Waals surface area contributed by atoms with E-state index in [-0.39, 0.29) is 4.90 Å². The number of benzene rings is 1. The first kappa shape index (κ1) is 11.7. The molecule has 0 saturated heterocycles. The predicted molar refractivity (Wildman–Crippen MR) is 68.3 cm³/mol. The lowest BCUT2D eigenvalue weighted by Crippen LogP contribution is -2.10. The number of hydrogen-bond acceptors (Lipinski definition) is 2. The molecule has 0 aliphatic rings. The van der Waals surface area contributed by atoms with E-state index in [1.807, 2.05) is 6.92 Å². The van der Waals surface area contributed by atoms with Gasteiger partial charge in [-0.1, -0.05) is 30.4 Å². The van der Waals surface area contributed by atoms with Gasteiger partial charge in [-0.25, -0.2) is 12.4 Å². The lowest BCUT2D eigenvalue weighted by Gasteiger charge is -2.05. The SMILES string of the molecule is C=Cc1ccn(S(=O)(=O)c2ccc(C)cc2)c1. The molecule has 4 heteroatoms. The zero-order valence-corrected chi connectivity index (χ0v) is 10.3. The average molecular weight is 247 g/mol. The molecule has 0 unspecified atom stereocenters. The average Bonchev–Trinajstić information content (AvgIpc) is 2.78. The van der Waals surface area contributed by atoms with Crippen LogP contribution < -0.4 is 0 Å². The Balaban J connectivity index is 2.49. The fourth-order valence-corrected chi connectivity index (χ4v) is 2.70. The molecule has 3 nitrogen and oxygen atoms in total. The molecule has 1 heterocycles. The van der Waals surface area contributed by atoms with E-state index in [4.69, 9.17) is 0 Å². The van der Waals surface area contributed by atoms with E-state index in [2.05, 4.69) is 6.58 Å². The van der Waals surface area contributed by atoms with Gasteiger partial charge in [0.25, 0.3) is 10.0 Å². The summed E-state index contributed by atoms with van der Waals surface area (Å²) >= 11 is 0. The summed E-state index contributed by atoms with van der Waals surface area (Å²) in [6.07, 6.45) is 4.68. The van der Waals surface area contributed by atoms with Crippen molar-refractivity contribution in [2.24, 2.45) is 0 Å². The molecule has 0 spiro atoms. The van der Waals surface area contributed by atoms with E-state index in [0.29, 0.717) is 0 Å². The molecule has 1 aromatic heterocycles. The fourth-order valence-electron chi connectivity index (χ4n) is 1.49. The Hall–Kier alpha value is -1.81. The van der Waals surface area contributed by atoms with Gasteiger partial charge in [-0.15, -0.1) is 0 Å². The molecule has 88 valence electrons. The van der Waals surface area contributed by atoms with Gasteiger partial charge < -0.3 is 0 Å². The van der Waals surface area contributed by atoms with E-state index in [1.54, 1.807) is 42.6 Å². The highest BCUT2D eigenvalue weighted by atomic mass is 32.2. The zero-order valence-electron chi connectivity index (χ0n) is 9.50. The molecule has 0 fully saturated rings. The molecule has 0 bridgehead atoms. The maximum atomic E-state index is 12.2.